The lowest BCUT2D eigenvalue weighted by Crippen LogP contribution is -2.32. The predicted molar refractivity (Wildman–Crippen MR) is 78.2 cm³/mol. The van der Waals surface area contributed by atoms with Crippen molar-refractivity contribution in [2.75, 3.05) is 6.54 Å². The first kappa shape index (κ1) is 16.0. The number of nitrogens with one attached hydrogen (secondary N) is 1. The van der Waals surface area contributed by atoms with Gasteiger partial charge in [-0.3, -0.25) is 4.79 Å². The van der Waals surface area contributed by atoms with Crippen molar-refractivity contribution < 1.29 is 9.53 Å². The standard InChI is InChI=1S/C15H22ClNO2/c1-11(14(18)19-15(2,3)4)9-17-10-12-7-5-6-8-13(12)16/h5-8,11,17H,9-10H2,1-4H3. The van der Waals surface area contributed by atoms with Crippen molar-refractivity contribution in [2.24, 2.45) is 5.92 Å². The number of hydrogen-bond donors (Lipinski definition) is 1. The zero-order valence-electron chi connectivity index (χ0n) is 12.0. The van der Waals surface area contributed by atoms with Gasteiger partial charge in [-0.1, -0.05) is 36.7 Å². The highest BCUT2D eigenvalue weighted by Crippen LogP contribution is 2.15. The van der Waals surface area contributed by atoms with Crippen molar-refractivity contribution in [1.29, 1.82) is 0 Å². The van der Waals surface area contributed by atoms with Crippen LogP contribution in [-0.2, 0) is 16.1 Å². The Kier molecular flexibility index (Phi) is 5.83. The number of esters is 1. The van der Waals surface area contributed by atoms with Crippen molar-refractivity contribution in [3.8, 4) is 0 Å². The molecule has 4 heteroatoms. The van der Waals surface area contributed by atoms with Gasteiger partial charge < -0.3 is 10.1 Å². The summed E-state index contributed by atoms with van der Waals surface area (Å²) in [6, 6.07) is 7.67. The molecule has 0 spiro atoms. The summed E-state index contributed by atoms with van der Waals surface area (Å²) >= 11 is 6.06. The molecule has 19 heavy (non-hydrogen) atoms. The Labute approximate surface area is 120 Å². The Morgan fingerprint density at radius 3 is 2.58 bits per heavy atom. The van der Waals surface area contributed by atoms with Crippen LogP contribution in [0.15, 0.2) is 24.3 Å². The van der Waals surface area contributed by atoms with E-state index in [0.717, 1.165) is 10.6 Å². The molecule has 0 saturated carbocycles. The van der Waals surface area contributed by atoms with Crippen LogP contribution in [0.3, 0.4) is 0 Å². The molecule has 0 aliphatic heterocycles. The molecule has 0 bridgehead atoms. The summed E-state index contributed by atoms with van der Waals surface area (Å²) < 4.78 is 5.32. The third kappa shape index (κ3) is 6.08. The molecule has 1 atom stereocenters. The molecule has 0 aliphatic carbocycles. The summed E-state index contributed by atoms with van der Waals surface area (Å²) in [5, 5.41) is 3.96. The Morgan fingerprint density at radius 1 is 1.37 bits per heavy atom. The minimum atomic E-state index is -0.436. The van der Waals surface area contributed by atoms with E-state index in [2.05, 4.69) is 5.32 Å². The number of ether oxygens (including phenoxy) is 1. The molecule has 1 aromatic carbocycles. The van der Waals surface area contributed by atoms with E-state index in [1.807, 2.05) is 52.0 Å². The minimum Gasteiger partial charge on any atom is -0.460 e. The first-order valence-corrected chi connectivity index (χ1v) is 6.84. The van der Waals surface area contributed by atoms with E-state index >= 15 is 0 Å². The van der Waals surface area contributed by atoms with E-state index in [1.54, 1.807) is 0 Å². The second-order valence-corrected chi connectivity index (χ2v) is 6.06. The number of rotatable bonds is 5. The minimum absolute atomic E-state index is 0.179. The van der Waals surface area contributed by atoms with Crippen molar-refractivity contribution in [3.63, 3.8) is 0 Å². The highest BCUT2D eigenvalue weighted by atomic mass is 35.5. The van der Waals surface area contributed by atoms with Gasteiger partial charge in [-0.15, -0.1) is 0 Å². The molecule has 0 amide bonds. The third-order valence-corrected chi connectivity index (χ3v) is 2.90. The van der Waals surface area contributed by atoms with E-state index in [0.29, 0.717) is 13.1 Å². The van der Waals surface area contributed by atoms with Crippen LogP contribution in [0.1, 0.15) is 33.3 Å². The quantitative estimate of drug-likeness (QED) is 0.842. The third-order valence-electron chi connectivity index (χ3n) is 2.53. The maximum atomic E-state index is 11.8. The lowest BCUT2D eigenvalue weighted by molar-refractivity contribution is -0.159. The fourth-order valence-electron chi connectivity index (χ4n) is 1.55. The van der Waals surface area contributed by atoms with Crippen LogP contribution in [0.4, 0.5) is 0 Å². The van der Waals surface area contributed by atoms with Crippen LogP contribution in [0.5, 0.6) is 0 Å². The van der Waals surface area contributed by atoms with Crippen LogP contribution < -0.4 is 5.32 Å². The smallest absolute Gasteiger partial charge is 0.310 e. The van der Waals surface area contributed by atoms with Crippen molar-refractivity contribution >= 4 is 17.6 Å². The second kappa shape index (κ2) is 6.92. The first-order valence-electron chi connectivity index (χ1n) is 6.46. The Balaban J connectivity index is 2.37. The van der Waals surface area contributed by atoms with Gasteiger partial charge in [-0.2, -0.15) is 0 Å². The molecular formula is C15H22ClNO2. The van der Waals surface area contributed by atoms with Crippen LogP contribution in [0, 0.1) is 5.92 Å². The molecule has 1 rings (SSSR count). The van der Waals surface area contributed by atoms with E-state index in [9.17, 15) is 4.79 Å². The highest BCUT2D eigenvalue weighted by molar-refractivity contribution is 6.31. The lowest BCUT2D eigenvalue weighted by Gasteiger charge is -2.22. The zero-order chi connectivity index (χ0) is 14.5. The van der Waals surface area contributed by atoms with E-state index in [1.165, 1.54) is 0 Å². The van der Waals surface area contributed by atoms with Gasteiger partial charge in [0.25, 0.3) is 0 Å². The Hall–Kier alpha value is -1.06. The fourth-order valence-corrected chi connectivity index (χ4v) is 1.75. The summed E-state index contributed by atoms with van der Waals surface area (Å²) in [4.78, 5) is 11.8. The van der Waals surface area contributed by atoms with Gasteiger partial charge in [-0.25, -0.2) is 0 Å². The second-order valence-electron chi connectivity index (χ2n) is 5.66. The van der Waals surface area contributed by atoms with Crippen LogP contribution >= 0.6 is 11.6 Å². The molecule has 0 aromatic heterocycles. The van der Waals surface area contributed by atoms with Gasteiger partial charge in [0.05, 0.1) is 5.92 Å². The van der Waals surface area contributed by atoms with Gasteiger partial charge in [0.2, 0.25) is 0 Å². The molecule has 0 aliphatic rings. The number of benzene rings is 1. The highest BCUT2D eigenvalue weighted by Gasteiger charge is 2.21. The maximum Gasteiger partial charge on any atom is 0.310 e. The van der Waals surface area contributed by atoms with Gasteiger partial charge in [0.15, 0.2) is 0 Å². The summed E-state index contributed by atoms with van der Waals surface area (Å²) in [5.41, 5.74) is 0.592. The van der Waals surface area contributed by atoms with Gasteiger partial charge in [0.1, 0.15) is 5.60 Å². The van der Waals surface area contributed by atoms with Gasteiger partial charge in [0, 0.05) is 18.1 Å². The van der Waals surface area contributed by atoms with Crippen LogP contribution in [-0.4, -0.2) is 18.1 Å². The largest absolute Gasteiger partial charge is 0.460 e. The van der Waals surface area contributed by atoms with Gasteiger partial charge in [-0.05, 0) is 32.4 Å². The van der Waals surface area contributed by atoms with Crippen molar-refractivity contribution in [3.05, 3.63) is 34.9 Å². The molecule has 1 aromatic rings. The average Bonchev–Trinajstić information content (AvgIpc) is 2.29. The van der Waals surface area contributed by atoms with Crippen LogP contribution in [0.2, 0.25) is 5.02 Å². The monoisotopic (exact) mass is 283 g/mol. The molecule has 1 unspecified atom stereocenters. The number of halogens is 1. The zero-order valence-corrected chi connectivity index (χ0v) is 12.8. The molecule has 0 fully saturated rings. The van der Waals surface area contributed by atoms with Crippen molar-refractivity contribution in [2.45, 2.75) is 39.8 Å². The van der Waals surface area contributed by atoms with E-state index in [4.69, 9.17) is 16.3 Å². The molecule has 0 radical (unpaired) electrons. The first-order chi connectivity index (χ1) is 8.79. The fraction of sp³-hybridized carbons (Fsp3) is 0.533. The molecule has 3 nitrogen and oxygen atoms in total. The van der Waals surface area contributed by atoms with E-state index < -0.39 is 5.60 Å². The number of carbonyl (C=O) groups is 1. The molecule has 1 N–H and O–H groups in total. The predicted octanol–water partition coefficient (Wildman–Crippen LogP) is 3.41. The maximum absolute atomic E-state index is 11.8. The summed E-state index contributed by atoms with van der Waals surface area (Å²) in [7, 11) is 0. The Bertz CT molecular complexity index is 426. The normalized spacial score (nSPS) is 13.1. The van der Waals surface area contributed by atoms with E-state index in [-0.39, 0.29) is 11.9 Å². The summed E-state index contributed by atoms with van der Waals surface area (Å²) in [6.45, 7) is 8.68. The average molecular weight is 284 g/mol. The summed E-state index contributed by atoms with van der Waals surface area (Å²) in [5.74, 6) is -0.360. The van der Waals surface area contributed by atoms with Crippen molar-refractivity contribution in [1.82, 2.24) is 5.32 Å². The van der Waals surface area contributed by atoms with Crippen LogP contribution in [0.25, 0.3) is 0 Å². The molecule has 106 valence electrons. The molecular weight excluding hydrogens is 262 g/mol. The Morgan fingerprint density at radius 2 is 2.00 bits per heavy atom. The van der Waals surface area contributed by atoms with Gasteiger partial charge >= 0.3 is 5.97 Å². The number of hydrogen-bond acceptors (Lipinski definition) is 3. The lowest BCUT2D eigenvalue weighted by atomic mass is 10.1. The SMILES string of the molecule is CC(CNCc1ccccc1Cl)C(=O)OC(C)(C)C. The topological polar surface area (TPSA) is 38.3 Å². The molecule has 0 heterocycles. The number of carbonyl (C=O) groups excluding carboxylic acids is 1. The summed E-state index contributed by atoms with van der Waals surface area (Å²) in [6.07, 6.45) is 0. The molecule has 0 saturated heterocycles.